The summed E-state index contributed by atoms with van der Waals surface area (Å²) < 4.78 is 5.11. The average Bonchev–Trinajstić information content (AvgIpc) is 2.64. The van der Waals surface area contributed by atoms with E-state index in [4.69, 9.17) is 4.74 Å². The number of aromatic nitrogens is 1. The summed E-state index contributed by atoms with van der Waals surface area (Å²) >= 11 is 0. The molecule has 126 valence electrons. The molecule has 0 aliphatic heterocycles. The van der Waals surface area contributed by atoms with Crippen molar-refractivity contribution in [2.45, 2.75) is 19.3 Å². The molecular weight excluding hydrogens is 304 g/mol. The molecule has 2 aromatic rings. The fourth-order valence-corrected chi connectivity index (χ4v) is 2.32. The van der Waals surface area contributed by atoms with Crippen molar-refractivity contribution < 1.29 is 14.3 Å². The Morgan fingerprint density at radius 3 is 2.58 bits per heavy atom. The molecule has 0 saturated carbocycles. The van der Waals surface area contributed by atoms with E-state index in [9.17, 15) is 9.59 Å². The molecule has 0 N–H and O–H groups in total. The zero-order valence-electron chi connectivity index (χ0n) is 14.1. The van der Waals surface area contributed by atoms with Crippen LogP contribution in [-0.4, -0.2) is 42.3 Å². The number of rotatable bonds is 8. The lowest BCUT2D eigenvalue weighted by Crippen LogP contribution is -2.29. The molecule has 1 amide bonds. The van der Waals surface area contributed by atoms with Crippen molar-refractivity contribution in [3.8, 4) is 5.75 Å². The highest BCUT2D eigenvalue weighted by atomic mass is 16.5. The van der Waals surface area contributed by atoms with Gasteiger partial charge in [0, 0.05) is 44.4 Å². The summed E-state index contributed by atoms with van der Waals surface area (Å²) in [6, 6.07) is 10.9. The second kappa shape index (κ2) is 8.82. The van der Waals surface area contributed by atoms with Crippen LogP contribution in [0.4, 0.5) is 0 Å². The van der Waals surface area contributed by atoms with E-state index < -0.39 is 0 Å². The minimum Gasteiger partial charge on any atom is -0.497 e. The van der Waals surface area contributed by atoms with Crippen molar-refractivity contribution in [2.75, 3.05) is 20.7 Å². The molecule has 0 atom stereocenters. The SMILES string of the molecule is COc1cccc(C(=O)CCC(=O)N(C)CCc2ccncc2)c1. The fourth-order valence-electron chi connectivity index (χ4n) is 2.32. The lowest BCUT2D eigenvalue weighted by atomic mass is 10.1. The summed E-state index contributed by atoms with van der Waals surface area (Å²) in [6.07, 6.45) is 4.66. The minimum atomic E-state index is -0.0511. The number of carbonyl (C=O) groups excluding carboxylic acids is 2. The first-order valence-electron chi connectivity index (χ1n) is 7.90. The van der Waals surface area contributed by atoms with Crippen LogP contribution in [0.2, 0.25) is 0 Å². The standard InChI is InChI=1S/C19H22N2O3/c1-21(13-10-15-8-11-20-12-9-15)19(23)7-6-18(22)16-4-3-5-17(14-16)24-2/h3-5,8-9,11-12,14H,6-7,10,13H2,1-2H3. The molecule has 0 aliphatic carbocycles. The highest BCUT2D eigenvalue weighted by Crippen LogP contribution is 2.15. The van der Waals surface area contributed by atoms with Gasteiger partial charge in [0.25, 0.3) is 0 Å². The average molecular weight is 326 g/mol. The Balaban J connectivity index is 1.80. The smallest absolute Gasteiger partial charge is 0.222 e. The van der Waals surface area contributed by atoms with Crippen molar-refractivity contribution >= 4 is 11.7 Å². The fraction of sp³-hybridized carbons (Fsp3) is 0.316. The van der Waals surface area contributed by atoms with Gasteiger partial charge in [-0.1, -0.05) is 12.1 Å². The van der Waals surface area contributed by atoms with E-state index in [0.717, 1.165) is 12.0 Å². The van der Waals surface area contributed by atoms with Gasteiger partial charge in [-0.05, 0) is 36.2 Å². The Kier molecular flexibility index (Phi) is 6.49. The lowest BCUT2D eigenvalue weighted by Gasteiger charge is -2.17. The van der Waals surface area contributed by atoms with Gasteiger partial charge >= 0.3 is 0 Å². The normalized spacial score (nSPS) is 10.2. The topological polar surface area (TPSA) is 59.5 Å². The van der Waals surface area contributed by atoms with Gasteiger partial charge in [0.05, 0.1) is 7.11 Å². The quantitative estimate of drug-likeness (QED) is 0.700. The van der Waals surface area contributed by atoms with Crippen LogP contribution in [0.1, 0.15) is 28.8 Å². The molecule has 0 bridgehead atoms. The third-order valence-electron chi connectivity index (χ3n) is 3.87. The van der Waals surface area contributed by atoms with Crippen LogP contribution in [-0.2, 0) is 11.2 Å². The number of likely N-dealkylation sites (N-methyl/N-ethyl adjacent to an activating group) is 1. The number of amides is 1. The van der Waals surface area contributed by atoms with E-state index in [1.165, 1.54) is 0 Å². The molecule has 0 fully saturated rings. The number of methoxy groups -OCH3 is 1. The maximum Gasteiger partial charge on any atom is 0.222 e. The first-order chi connectivity index (χ1) is 11.6. The summed E-state index contributed by atoms with van der Waals surface area (Å²) in [5, 5.41) is 0. The summed E-state index contributed by atoms with van der Waals surface area (Å²) in [5.74, 6) is 0.562. The molecule has 0 unspecified atom stereocenters. The Hall–Kier alpha value is -2.69. The van der Waals surface area contributed by atoms with Gasteiger partial charge in [-0.25, -0.2) is 0 Å². The number of Topliss-reactive ketones (excluding diaryl/α,β-unsaturated/α-hetero) is 1. The van der Waals surface area contributed by atoms with Crippen LogP contribution in [0.5, 0.6) is 5.75 Å². The van der Waals surface area contributed by atoms with Crippen LogP contribution >= 0.6 is 0 Å². The maximum atomic E-state index is 12.2. The molecule has 5 nitrogen and oxygen atoms in total. The summed E-state index contributed by atoms with van der Waals surface area (Å²) in [5.41, 5.74) is 1.71. The number of hydrogen-bond donors (Lipinski definition) is 0. The van der Waals surface area contributed by atoms with Crippen molar-refractivity contribution in [1.29, 1.82) is 0 Å². The number of pyridine rings is 1. The van der Waals surface area contributed by atoms with Crippen molar-refractivity contribution in [3.05, 3.63) is 59.9 Å². The van der Waals surface area contributed by atoms with E-state index >= 15 is 0 Å². The van der Waals surface area contributed by atoms with Crippen LogP contribution in [0, 0.1) is 0 Å². The van der Waals surface area contributed by atoms with Gasteiger partial charge in [-0.2, -0.15) is 0 Å². The monoisotopic (exact) mass is 326 g/mol. The number of hydrogen-bond acceptors (Lipinski definition) is 4. The Bertz CT molecular complexity index is 686. The zero-order valence-corrected chi connectivity index (χ0v) is 14.1. The highest BCUT2D eigenvalue weighted by molar-refractivity contribution is 5.98. The first kappa shape index (κ1) is 17.7. The van der Waals surface area contributed by atoms with Crippen molar-refractivity contribution in [3.63, 3.8) is 0 Å². The van der Waals surface area contributed by atoms with Gasteiger partial charge in [-0.3, -0.25) is 14.6 Å². The number of benzene rings is 1. The molecule has 0 radical (unpaired) electrons. The van der Waals surface area contributed by atoms with Gasteiger partial charge in [-0.15, -0.1) is 0 Å². The molecule has 1 aromatic heterocycles. The maximum absolute atomic E-state index is 12.2. The molecule has 0 aliphatic rings. The number of ketones is 1. The Morgan fingerprint density at radius 1 is 1.12 bits per heavy atom. The van der Waals surface area contributed by atoms with E-state index in [2.05, 4.69) is 4.98 Å². The molecule has 2 rings (SSSR count). The molecule has 1 aromatic carbocycles. The van der Waals surface area contributed by atoms with Crippen LogP contribution in [0.15, 0.2) is 48.8 Å². The third-order valence-corrected chi connectivity index (χ3v) is 3.87. The van der Waals surface area contributed by atoms with Crippen LogP contribution in [0.3, 0.4) is 0 Å². The van der Waals surface area contributed by atoms with Crippen LogP contribution < -0.4 is 4.74 Å². The van der Waals surface area contributed by atoms with Gasteiger partial charge in [0.1, 0.15) is 5.75 Å². The zero-order chi connectivity index (χ0) is 17.4. The predicted octanol–water partition coefficient (Wildman–Crippen LogP) is 2.75. The van der Waals surface area contributed by atoms with Crippen molar-refractivity contribution in [1.82, 2.24) is 9.88 Å². The number of nitrogens with zero attached hydrogens (tertiary/aromatic N) is 2. The summed E-state index contributed by atoms with van der Waals surface area (Å²) in [6.45, 7) is 0.621. The van der Waals surface area contributed by atoms with Gasteiger partial charge in [0.2, 0.25) is 5.91 Å². The number of carbonyl (C=O) groups is 2. The molecule has 0 saturated heterocycles. The van der Waals surface area contributed by atoms with Gasteiger partial charge in [0.15, 0.2) is 5.78 Å². The Labute approximate surface area is 142 Å². The summed E-state index contributed by atoms with van der Waals surface area (Å²) in [7, 11) is 3.32. The lowest BCUT2D eigenvalue weighted by molar-refractivity contribution is -0.129. The predicted molar refractivity (Wildman–Crippen MR) is 92.1 cm³/mol. The van der Waals surface area contributed by atoms with E-state index in [1.54, 1.807) is 55.7 Å². The molecule has 0 spiro atoms. The Morgan fingerprint density at radius 2 is 1.88 bits per heavy atom. The minimum absolute atomic E-state index is 0.0275. The largest absolute Gasteiger partial charge is 0.497 e. The van der Waals surface area contributed by atoms with E-state index in [0.29, 0.717) is 17.9 Å². The molecule has 1 heterocycles. The molecule has 24 heavy (non-hydrogen) atoms. The second-order valence-electron chi connectivity index (χ2n) is 5.58. The molecule has 5 heteroatoms. The second-order valence-corrected chi connectivity index (χ2v) is 5.58. The van der Waals surface area contributed by atoms with Gasteiger partial charge < -0.3 is 9.64 Å². The summed E-state index contributed by atoms with van der Waals surface area (Å²) in [4.78, 5) is 30.0. The van der Waals surface area contributed by atoms with Crippen molar-refractivity contribution in [2.24, 2.45) is 0 Å². The first-order valence-corrected chi connectivity index (χ1v) is 7.90. The van der Waals surface area contributed by atoms with E-state index in [1.807, 2.05) is 12.1 Å². The third kappa shape index (κ3) is 5.19. The number of ether oxygens (including phenoxy) is 1. The molecular formula is C19H22N2O3. The van der Waals surface area contributed by atoms with E-state index in [-0.39, 0.29) is 24.5 Å². The van der Waals surface area contributed by atoms with Crippen LogP contribution in [0.25, 0.3) is 0 Å². The highest BCUT2D eigenvalue weighted by Gasteiger charge is 2.13.